The first kappa shape index (κ1) is 32.7. The van der Waals surface area contributed by atoms with Gasteiger partial charge in [-0.05, 0) is 61.4 Å². The van der Waals surface area contributed by atoms with Gasteiger partial charge in [-0.25, -0.2) is 8.42 Å². The van der Waals surface area contributed by atoms with Crippen LogP contribution in [0.25, 0.3) is 0 Å². The lowest BCUT2D eigenvalue weighted by Crippen LogP contribution is -2.51. The second kappa shape index (κ2) is 13.9. The van der Waals surface area contributed by atoms with Gasteiger partial charge in [0.25, 0.3) is 10.0 Å². The number of carbonyl (C=O) groups is 2. The van der Waals surface area contributed by atoms with E-state index in [9.17, 15) is 31.2 Å². The van der Waals surface area contributed by atoms with Crippen molar-refractivity contribution in [2.75, 3.05) is 24.5 Å². The second-order valence-corrected chi connectivity index (χ2v) is 11.6. The molecule has 0 saturated heterocycles. The summed E-state index contributed by atoms with van der Waals surface area (Å²) in [4.78, 5) is 27.8. The summed E-state index contributed by atoms with van der Waals surface area (Å²) in [6.07, 6.45) is -4.24. The molecule has 3 aromatic carbocycles. The lowest BCUT2D eigenvalue weighted by atomic mass is 10.1. The molecule has 0 heterocycles. The molecule has 0 fully saturated rings. The number of alkyl halides is 3. The van der Waals surface area contributed by atoms with Crippen LogP contribution in [0, 0.1) is 0 Å². The number of anilines is 1. The van der Waals surface area contributed by atoms with Gasteiger partial charge in [0.15, 0.2) is 0 Å². The van der Waals surface area contributed by atoms with Gasteiger partial charge in [0.2, 0.25) is 11.8 Å². The quantitative estimate of drug-likeness (QED) is 0.287. The highest BCUT2D eigenvalue weighted by Gasteiger charge is 2.37. The van der Waals surface area contributed by atoms with Crippen LogP contribution in [-0.4, -0.2) is 51.4 Å². The van der Waals surface area contributed by atoms with Crippen molar-refractivity contribution in [2.45, 2.75) is 43.9 Å². The first-order valence-electron chi connectivity index (χ1n) is 12.9. The van der Waals surface area contributed by atoms with Crippen molar-refractivity contribution in [3.05, 3.63) is 88.9 Å². The van der Waals surface area contributed by atoms with E-state index in [4.69, 9.17) is 16.3 Å². The molecule has 0 spiro atoms. The number of sulfonamides is 1. The third-order valence-electron chi connectivity index (χ3n) is 6.36. The molecule has 3 aromatic rings. The number of hydrogen-bond donors (Lipinski definition) is 1. The average Bonchev–Trinajstić information content (AvgIpc) is 2.97. The Hall–Kier alpha value is -3.77. The molecule has 0 aliphatic rings. The minimum Gasteiger partial charge on any atom is -0.497 e. The second-order valence-electron chi connectivity index (χ2n) is 9.33. The molecule has 0 aromatic heterocycles. The maximum absolute atomic E-state index is 13.9. The van der Waals surface area contributed by atoms with E-state index in [1.165, 1.54) is 43.2 Å². The van der Waals surface area contributed by atoms with Crippen molar-refractivity contribution in [2.24, 2.45) is 0 Å². The van der Waals surface area contributed by atoms with Crippen LogP contribution in [0.15, 0.2) is 77.7 Å². The van der Waals surface area contributed by atoms with Crippen LogP contribution in [0.5, 0.6) is 5.75 Å². The molecule has 0 aliphatic carbocycles. The van der Waals surface area contributed by atoms with Crippen LogP contribution in [0.1, 0.15) is 31.4 Å². The predicted molar refractivity (Wildman–Crippen MR) is 154 cm³/mol. The normalized spacial score (nSPS) is 12.4. The molecule has 0 radical (unpaired) electrons. The number of hydrogen-bond acceptors (Lipinski definition) is 5. The summed E-state index contributed by atoms with van der Waals surface area (Å²) in [5, 5.41) is 2.09. The van der Waals surface area contributed by atoms with Crippen LogP contribution < -0.4 is 14.4 Å². The van der Waals surface area contributed by atoms with E-state index >= 15 is 0 Å². The van der Waals surface area contributed by atoms with Crippen LogP contribution in [0.2, 0.25) is 5.02 Å². The van der Waals surface area contributed by atoms with Crippen molar-refractivity contribution in [3.8, 4) is 5.75 Å². The maximum Gasteiger partial charge on any atom is 0.417 e. The lowest BCUT2D eigenvalue weighted by molar-refractivity contribution is -0.139. The Kier molecular flexibility index (Phi) is 10.9. The minimum absolute atomic E-state index is 0.107. The van der Waals surface area contributed by atoms with Gasteiger partial charge in [0.05, 0.1) is 28.3 Å². The first-order valence-corrected chi connectivity index (χ1v) is 14.8. The fourth-order valence-electron chi connectivity index (χ4n) is 4.08. The van der Waals surface area contributed by atoms with Crippen molar-refractivity contribution >= 4 is 39.1 Å². The van der Waals surface area contributed by atoms with Gasteiger partial charge in [-0.3, -0.25) is 13.9 Å². The molecule has 0 bridgehead atoms. The summed E-state index contributed by atoms with van der Waals surface area (Å²) in [5.74, 6) is -0.798. The molecule has 1 N–H and O–H groups in total. The standard InChI is InChI=1S/C29H31ClF3N3O5S/c1-4-15-34-28(38)20(2)35(18-21-9-8-10-23(16-21)41-3)27(37)19-36(42(39,40)24-11-6-5-7-12-24)22-13-14-26(30)25(17-22)29(31,32)33/h5-14,16-17,20H,4,15,18-19H2,1-3H3,(H,34,38)/t20-/m1/s1. The van der Waals surface area contributed by atoms with Crippen LogP contribution in [-0.2, 0) is 32.3 Å². The zero-order valence-electron chi connectivity index (χ0n) is 23.2. The number of methoxy groups -OCH3 is 1. The molecular formula is C29H31ClF3N3O5S. The SMILES string of the molecule is CCCNC(=O)[C@@H](C)N(Cc1cccc(OC)c1)C(=O)CN(c1ccc(Cl)c(C(F)(F)F)c1)S(=O)(=O)c1ccccc1. The summed E-state index contributed by atoms with van der Waals surface area (Å²) in [7, 11) is -3.08. The molecule has 8 nitrogen and oxygen atoms in total. The van der Waals surface area contributed by atoms with E-state index in [2.05, 4.69) is 5.32 Å². The van der Waals surface area contributed by atoms with Gasteiger partial charge >= 0.3 is 6.18 Å². The molecular weight excluding hydrogens is 595 g/mol. The summed E-state index contributed by atoms with van der Waals surface area (Å²) in [6, 6.07) is 15.3. The van der Waals surface area contributed by atoms with Crippen molar-refractivity contribution in [1.29, 1.82) is 0 Å². The molecule has 226 valence electrons. The van der Waals surface area contributed by atoms with E-state index in [1.807, 2.05) is 6.92 Å². The monoisotopic (exact) mass is 625 g/mol. The number of ether oxygens (including phenoxy) is 1. The highest BCUT2D eigenvalue weighted by Crippen LogP contribution is 2.38. The van der Waals surface area contributed by atoms with E-state index in [0.29, 0.717) is 34.7 Å². The number of nitrogens with zero attached hydrogens (tertiary/aromatic N) is 2. The number of amides is 2. The highest BCUT2D eigenvalue weighted by molar-refractivity contribution is 7.92. The number of carbonyl (C=O) groups excluding carboxylic acids is 2. The highest BCUT2D eigenvalue weighted by atomic mass is 35.5. The predicted octanol–water partition coefficient (Wildman–Crippen LogP) is 5.51. The van der Waals surface area contributed by atoms with Crippen LogP contribution in [0.3, 0.4) is 0 Å². The third kappa shape index (κ3) is 7.95. The Labute approximate surface area is 248 Å². The van der Waals surface area contributed by atoms with Gasteiger partial charge in [0, 0.05) is 13.1 Å². The molecule has 0 saturated carbocycles. The van der Waals surface area contributed by atoms with Crippen LogP contribution >= 0.6 is 11.6 Å². The zero-order valence-corrected chi connectivity index (χ0v) is 24.8. The summed E-state index contributed by atoms with van der Waals surface area (Å²) in [6.45, 7) is 2.70. The summed E-state index contributed by atoms with van der Waals surface area (Å²) in [5.41, 5.74) is -1.10. The Morgan fingerprint density at radius 2 is 1.71 bits per heavy atom. The fraction of sp³-hybridized carbons (Fsp3) is 0.310. The summed E-state index contributed by atoms with van der Waals surface area (Å²) >= 11 is 5.79. The summed E-state index contributed by atoms with van der Waals surface area (Å²) < 4.78 is 74.5. The first-order chi connectivity index (χ1) is 19.8. The fourth-order valence-corrected chi connectivity index (χ4v) is 5.73. The van der Waals surface area contributed by atoms with E-state index in [-0.39, 0.29) is 11.4 Å². The maximum atomic E-state index is 13.9. The van der Waals surface area contributed by atoms with Gasteiger partial charge in [0.1, 0.15) is 18.3 Å². The molecule has 13 heteroatoms. The zero-order chi connectivity index (χ0) is 31.1. The van der Waals surface area contributed by atoms with Crippen molar-refractivity contribution in [1.82, 2.24) is 10.2 Å². The Bertz CT molecular complexity index is 1500. The number of rotatable bonds is 12. The van der Waals surface area contributed by atoms with Crippen molar-refractivity contribution < 1.29 is 35.9 Å². The lowest BCUT2D eigenvalue weighted by Gasteiger charge is -2.32. The van der Waals surface area contributed by atoms with Gasteiger partial charge in [-0.1, -0.05) is 48.9 Å². The molecule has 42 heavy (non-hydrogen) atoms. The Balaban J connectivity index is 2.10. The average molecular weight is 626 g/mol. The molecule has 0 aliphatic heterocycles. The molecule has 3 rings (SSSR count). The van der Waals surface area contributed by atoms with Crippen molar-refractivity contribution in [3.63, 3.8) is 0 Å². The number of halogens is 4. The van der Waals surface area contributed by atoms with Gasteiger partial charge in [-0.15, -0.1) is 0 Å². The van der Waals surface area contributed by atoms with E-state index in [0.717, 1.165) is 12.1 Å². The topological polar surface area (TPSA) is 96.0 Å². The number of nitrogens with one attached hydrogen (secondary N) is 1. The van der Waals surface area contributed by atoms with E-state index < -0.39 is 56.9 Å². The smallest absolute Gasteiger partial charge is 0.417 e. The molecule has 0 unspecified atom stereocenters. The van der Waals surface area contributed by atoms with E-state index in [1.54, 1.807) is 30.3 Å². The largest absolute Gasteiger partial charge is 0.497 e. The minimum atomic E-state index is -4.89. The number of benzene rings is 3. The van der Waals surface area contributed by atoms with Crippen LogP contribution in [0.4, 0.5) is 18.9 Å². The van der Waals surface area contributed by atoms with Gasteiger partial charge < -0.3 is 15.0 Å². The Morgan fingerprint density at radius 1 is 1.02 bits per heavy atom. The molecule has 1 atom stereocenters. The molecule has 2 amide bonds. The van der Waals surface area contributed by atoms with Gasteiger partial charge in [-0.2, -0.15) is 13.2 Å². The third-order valence-corrected chi connectivity index (χ3v) is 8.47. The Morgan fingerprint density at radius 3 is 2.33 bits per heavy atom.